The van der Waals surface area contributed by atoms with Gasteiger partial charge in [0.1, 0.15) is 0 Å². The molecule has 0 saturated heterocycles. The van der Waals surface area contributed by atoms with Gasteiger partial charge in [-0.25, -0.2) is 0 Å². The van der Waals surface area contributed by atoms with Crippen LogP contribution in [0, 0.1) is 0 Å². The molecule has 1 fully saturated rings. The monoisotopic (exact) mass is 115 g/mol. The maximum Gasteiger partial charge on any atom is 0.0479 e. The third-order valence-corrected chi connectivity index (χ3v) is 1.71. The van der Waals surface area contributed by atoms with Crippen molar-refractivity contribution in [3.05, 3.63) is 0 Å². The molecule has 2 heteroatoms. The van der Waals surface area contributed by atoms with Crippen LogP contribution in [0.15, 0.2) is 0 Å². The van der Waals surface area contributed by atoms with Gasteiger partial charge in [-0.2, -0.15) is 0 Å². The van der Waals surface area contributed by atoms with Crippen molar-refractivity contribution in [3.8, 4) is 0 Å². The Morgan fingerprint density at radius 1 is 1.25 bits per heavy atom. The third-order valence-electron chi connectivity index (χ3n) is 1.71. The van der Waals surface area contributed by atoms with Crippen molar-refractivity contribution in [3.63, 3.8) is 0 Å². The minimum Gasteiger partial charge on any atom is -0.326 e. The molecule has 0 amide bonds. The second-order valence-corrected chi connectivity index (χ2v) is 2.43. The minimum absolute atomic E-state index is 0.105. The van der Waals surface area contributed by atoms with E-state index in [0.29, 0.717) is 0 Å². The molecule has 48 valence electrons. The zero-order chi connectivity index (χ0) is 6.91. The van der Waals surface area contributed by atoms with Gasteiger partial charge in [-0.15, -0.1) is 0 Å². The summed E-state index contributed by atoms with van der Waals surface area (Å²) in [5.74, 6) is 0. The van der Waals surface area contributed by atoms with Crippen molar-refractivity contribution in [2.45, 2.75) is 37.7 Å². The lowest BCUT2D eigenvalue weighted by Gasteiger charge is -2.24. The summed E-state index contributed by atoms with van der Waals surface area (Å²) < 4.78 is 7.48. The lowest BCUT2D eigenvalue weighted by Crippen LogP contribution is -2.43. The second-order valence-electron chi connectivity index (χ2n) is 2.43. The first-order chi connectivity index (χ1) is 4.13. The fourth-order valence-electron chi connectivity index (χ4n) is 1.06. The van der Waals surface area contributed by atoms with Gasteiger partial charge in [0.15, 0.2) is 0 Å². The topological polar surface area (TPSA) is 52.0 Å². The zero-order valence-electron chi connectivity index (χ0n) is 6.06. The molecule has 2 nitrogen and oxygen atoms in total. The Hall–Kier alpha value is -0.0800. The van der Waals surface area contributed by atoms with E-state index in [1.807, 2.05) is 0 Å². The van der Waals surface area contributed by atoms with Crippen LogP contribution in [0.25, 0.3) is 0 Å². The molecule has 0 aliphatic heterocycles. The van der Waals surface area contributed by atoms with Crippen LogP contribution in [0.5, 0.6) is 0 Å². The van der Waals surface area contributed by atoms with Gasteiger partial charge in [0.05, 0.1) is 0 Å². The van der Waals surface area contributed by atoms with Crippen LogP contribution in [0.2, 0.25) is 0 Å². The normalized spacial score (nSPS) is 50.8. The molecule has 4 N–H and O–H groups in total. The van der Waals surface area contributed by atoms with E-state index in [2.05, 4.69) is 0 Å². The van der Waals surface area contributed by atoms with E-state index in [-0.39, 0.29) is 6.04 Å². The Kier molecular flexibility index (Phi) is 1.47. The minimum atomic E-state index is -0.835. The Morgan fingerprint density at radius 2 is 1.88 bits per heavy atom. The maximum absolute atomic E-state index is 7.48. The molecule has 2 atom stereocenters. The average molecular weight is 115 g/mol. The molecule has 0 spiro atoms. The first-order valence-electron chi connectivity index (χ1n) is 3.67. The number of rotatable bonds is 0. The lowest BCUT2D eigenvalue weighted by atomic mass is 9.92. The molecule has 0 bridgehead atoms. The van der Waals surface area contributed by atoms with Crippen LogP contribution in [-0.4, -0.2) is 12.1 Å². The van der Waals surface area contributed by atoms with Gasteiger partial charge in [0, 0.05) is 13.4 Å². The van der Waals surface area contributed by atoms with Crippen molar-refractivity contribution in [1.29, 1.82) is 0 Å². The van der Waals surface area contributed by atoms with Crippen LogP contribution in [0.4, 0.5) is 0 Å². The summed E-state index contributed by atoms with van der Waals surface area (Å²) in [6.07, 6.45) is 3.88. The van der Waals surface area contributed by atoms with Gasteiger partial charge in [0.2, 0.25) is 0 Å². The van der Waals surface area contributed by atoms with E-state index < -0.39 is 6.02 Å². The maximum atomic E-state index is 7.48. The Bertz CT molecular complexity index is 103. The summed E-state index contributed by atoms with van der Waals surface area (Å²) in [6, 6.07) is -0.940. The van der Waals surface area contributed by atoms with Crippen LogP contribution >= 0.6 is 0 Å². The van der Waals surface area contributed by atoms with Gasteiger partial charge in [0.25, 0.3) is 0 Å². The summed E-state index contributed by atoms with van der Waals surface area (Å²) in [5.41, 5.74) is 11.2. The quantitative estimate of drug-likeness (QED) is 0.474. The molecule has 0 aromatic heterocycles. The summed E-state index contributed by atoms with van der Waals surface area (Å²) in [7, 11) is 0. The standard InChI is InChI=1S/C6H14N2/c7-5-3-1-2-4-6(5)8/h5-6H,1-4,7-8H2/t5-,6-/m1/s1/i5D. The summed E-state index contributed by atoms with van der Waals surface area (Å²) in [4.78, 5) is 0. The van der Waals surface area contributed by atoms with E-state index in [9.17, 15) is 0 Å². The molecule has 1 saturated carbocycles. The predicted octanol–water partition coefficient (Wildman–Crippen LogP) is 0.215. The van der Waals surface area contributed by atoms with Crippen molar-refractivity contribution in [2.24, 2.45) is 11.5 Å². The molecule has 0 unspecified atom stereocenters. The molecule has 1 aliphatic carbocycles. The largest absolute Gasteiger partial charge is 0.326 e. The Morgan fingerprint density at radius 3 is 2.25 bits per heavy atom. The fraction of sp³-hybridized carbons (Fsp3) is 1.00. The van der Waals surface area contributed by atoms with Gasteiger partial charge in [-0.05, 0) is 12.8 Å². The van der Waals surface area contributed by atoms with Crippen molar-refractivity contribution < 1.29 is 1.37 Å². The summed E-state index contributed by atoms with van der Waals surface area (Å²) in [6.45, 7) is 0. The highest BCUT2D eigenvalue weighted by molar-refractivity contribution is 4.79. The lowest BCUT2D eigenvalue weighted by molar-refractivity contribution is 0.385. The molecule has 0 heterocycles. The first kappa shape index (κ1) is 4.77. The highest BCUT2D eigenvalue weighted by Gasteiger charge is 2.16. The van der Waals surface area contributed by atoms with E-state index in [0.717, 1.165) is 25.7 Å². The molecule has 0 aromatic carbocycles. The highest BCUT2D eigenvalue weighted by Crippen LogP contribution is 2.14. The number of hydrogen-bond acceptors (Lipinski definition) is 2. The molecule has 1 rings (SSSR count). The van der Waals surface area contributed by atoms with Gasteiger partial charge in [-0.3, -0.25) is 0 Å². The Balaban J connectivity index is 2.49. The van der Waals surface area contributed by atoms with Gasteiger partial charge >= 0.3 is 0 Å². The highest BCUT2D eigenvalue weighted by atomic mass is 14.8. The third kappa shape index (κ3) is 1.20. The van der Waals surface area contributed by atoms with Crippen LogP contribution in [0.3, 0.4) is 0 Å². The molecule has 0 radical (unpaired) electrons. The molecule has 0 aromatic rings. The second kappa shape index (κ2) is 2.46. The number of hydrogen-bond donors (Lipinski definition) is 2. The number of nitrogens with two attached hydrogens (primary N) is 2. The fourth-order valence-corrected chi connectivity index (χ4v) is 1.06. The van der Waals surface area contributed by atoms with E-state index in [4.69, 9.17) is 12.8 Å². The summed E-state index contributed by atoms with van der Waals surface area (Å²) >= 11 is 0. The van der Waals surface area contributed by atoms with Crippen LogP contribution in [-0.2, 0) is 0 Å². The molecular weight excluding hydrogens is 100 g/mol. The molecular formula is C6H14N2. The SMILES string of the molecule is [2H][C@@]1(N)CCCC[C@H]1N. The molecule has 8 heavy (non-hydrogen) atoms. The van der Waals surface area contributed by atoms with Crippen molar-refractivity contribution >= 4 is 0 Å². The van der Waals surface area contributed by atoms with Gasteiger partial charge < -0.3 is 11.5 Å². The van der Waals surface area contributed by atoms with Crippen LogP contribution in [0.1, 0.15) is 27.1 Å². The van der Waals surface area contributed by atoms with Crippen LogP contribution < -0.4 is 11.5 Å². The van der Waals surface area contributed by atoms with Gasteiger partial charge in [-0.1, -0.05) is 12.8 Å². The average Bonchev–Trinajstić information content (AvgIpc) is 1.77. The van der Waals surface area contributed by atoms with E-state index in [1.165, 1.54) is 0 Å². The van der Waals surface area contributed by atoms with Crippen molar-refractivity contribution in [2.75, 3.05) is 0 Å². The van der Waals surface area contributed by atoms with E-state index in [1.54, 1.807) is 0 Å². The zero-order valence-corrected chi connectivity index (χ0v) is 5.06. The first-order valence-corrected chi connectivity index (χ1v) is 3.17. The summed E-state index contributed by atoms with van der Waals surface area (Å²) in [5, 5.41) is 0. The van der Waals surface area contributed by atoms with E-state index >= 15 is 0 Å². The van der Waals surface area contributed by atoms with Crippen molar-refractivity contribution in [1.82, 2.24) is 0 Å². The molecule has 1 aliphatic rings. The predicted molar refractivity (Wildman–Crippen MR) is 34.4 cm³/mol. The Labute approximate surface area is 51.6 Å². The smallest absolute Gasteiger partial charge is 0.0479 e.